The van der Waals surface area contributed by atoms with Crippen molar-refractivity contribution in [1.29, 1.82) is 0 Å². The number of halogens is 1. The highest BCUT2D eigenvalue weighted by molar-refractivity contribution is 9.10. The van der Waals surface area contributed by atoms with Gasteiger partial charge in [-0.1, -0.05) is 99.9 Å². The first kappa shape index (κ1) is 28.1. The van der Waals surface area contributed by atoms with Crippen LogP contribution in [-0.2, 0) is 17.9 Å². The van der Waals surface area contributed by atoms with Crippen LogP contribution in [0.5, 0.6) is 11.5 Å². The van der Waals surface area contributed by atoms with E-state index in [0.29, 0.717) is 18.8 Å². The van der Waals surface area contributed by atoms with E-state index >= 15 is 0 Å². The Morgan fingerprint density at radius 1 is 0.927 bits per heavy atom. The summed E-state index contributed by atoms with van der Waals surface area (Å²) in [6.45, 7) is 5.17. The molecule has 5 nitrogen and oxygen atoms in total. The van der Waals surface area contributed by atoms with Gasteiger partial charge in [0, 0.05) is 47.0 Å². The summed E-state index contributed by atoms with van der Waals surface area (Å²) in [6, 6.07) is 32.3. The van der Waals surface area contributed by atoms with Gasteiger partial charge >= 0.3 is 0 Å². The van der Waals surface area contributed by atoms with Crippen LogP contribution in [0.1, 0.15) is 27.8 Å². The summed E-state index contributed by atoms with van der Waals surface area (Å²) in [7, 11) is 1.79. The minimum atomic E-state index is -0.112. The molecule has 0 N–H and O–H groups in total. The molecule has 0 aliphatic rings. The number of nitrogens with zero attached hydrogens (tertiary/aromatic N) is 3. The van der Waals surface area contributed by atoms with Gasteiger partial charge in [0.1, 0.15) is 11.5 Å². The third-order valence-corrected chi connectivity index (χ3v) is 7.26. The van der Waals surface area contributed by atoms with Crippen molar-refractivity contribution in [2.24, 2.45) is 0 Å². The van der Waals surface area contributed by atoms with E-state index in [0.717, 1.165) is 32.6 Å². The zero-order valence-electron chi connectivity index (χ0n) is 23.4. The van der Waals surface area contributed by atoms with Gasteiger partial charge in [-0.15, -0.1) is 0 Å². The number of aryl methyl sites for hydroxylation is 2. The highest BCUT2D eigenvalue weighted by Gasteiger charge is 2.14. The van der Waals surface area contributed by atoms with Crippen molar-refractivity contribution in [3.8, 4) is 22.8 Å². The Bertz CT molecular complexity index is 1660. The monoisotopic (exact) mass is 605 g/mol. The number of carbonyl (C=O) groups excluding carboxylic acids is 1. The smallest absolute Gasteiger partial charge is 0.246 e. The summed E-state index contributed by atoms with van der Waals surface area (Å²) in [4.78, 5) is 14.9. The van der Waals surface area contributed by atoms with Crippen LogP contribution >= 0.6 is 15.9 Å². The van der Waals surface area contributed by atoms with Gasteiger partial charge in [-0.3, -0.25) is 9.48 Å². The molecule has 41 heavy (non-hydrogen) atoms. The molecule has 5 rings (SSSR count). The second-order valence-electron chi connectivity index (χ2n) is 10.2. The molecular formula is C35H32BrN3O2. The minimum Gasteiger partial charge on any atom is -0.457 e. The van der Waals surface area contributed by atoms with Gasteiger partial charge in [0.25, 0.3) is 0 Å². The molecule has 206 valence electrons. The van der Waals surface area contributed by atoms with Crippen molar-refractivity contribution in [1.82, 2.24) is 14.7 Å². The van der Waals surface area contributed by atoms with Gasteiger partial charge in [0.2, 0.25) is 5.91 Å². The van der Waals surface area contributed by atoms with Crippen molar-refractivity contribution < 1.29 is 9.53 Å². The molecule has 0 saturated carbocycles. The largest absolute Gasteiger partial charge is 0.457 e. The van der Waals surface area contributed by atoms with E-state index in [9.17, 15) is 4.79 Å². The summed E-state index contributed by atoms with van der Waals surface area (Å²) < 4.78 is 9.02. The van der Waals surface area contributed by atoms with E-state index in [1.165, 1.54) is 16.7 Å². The number of benzene rings is 4. The van der Waals surface area contributed by atoms with Crippen molar-refractivity contribution >= 4 is 27.9 Å². The van der Waals surface area contributed by atoms with Gasteiger partial charge < -0.3 is 9.64 Å². The standard InChI is InChI=1S/C35H32BrN3O2/c1-25-9-13-27(14-10-25)22-39-24-30(35(37-39)28-7-5-4-6-8-28)16-20-34(40)38(3)23-29-15-17-31(36)21-33(29)41-32-18-11-26(2)12-19-32/h4-21,24H,22-23H2,1-3H3/b20-16+. The fourth-order valence-electron chi connectivity index (χ4n) is 4.45. The van der Waals surface area contributed by atoms with Crippen molar-refractivity contribution in [2.75, 3.05) is 7.05 Å². The van der Waals surface area contributed by atoms with E-state index in [1.807, 2.05) is 96.7 Å². The fourth-order valence-corrected chi connectivity index (χ4v) is 4.79. The molecule has 0 saturated heterocycles. The van der Waals surface area contributed by atoms with Crippen LogP contribution in [-0.4, -0.2) is 27.6 Å². The molecule has 0 spiro atoms. The fraction of sp³-hybridized carbons (Fsp3) is 0.143. The number of carbonyl (C=O) groups is 1. The highest BCUT2D eigenvalue weighted by Crippen LogP contribution is 2.30. The Morgan fingerprint density at radius 3 is 2.32 bits per heavy atom. The van der Waals surface area contributed by atoms with Crippen LogP contribution < -0.4 is 4.74 Å². The molecule has 1 amide bonds. The Balaban J connectivity index is 1.34. The summed E-state index contributed by atoms with van der Waals surface area (Å²) in [6.07, 6.45) is 5.46. The Kier molecular flexibility index (Phi) is 8.80. The number of amides is 1. The van der Waals surface area contributed by atoms with Crippen molar-refractivity contribution in [3.63, 3.8) is 0 Å². The number of ether oxygens (including phenoxy) is 1. The second kappa shape index (κ2) is 12.8. The molecular weight excluding hydrogens is 574 g/mol. The number of hydrogen-bond donors (Lipinski definition) is 0. The Hall–Kier alpha value is -4.42. The molecule has 0 bridgehead atoms. The van der Waals surface area contributed by atoms with Crippen LogP contribution in [0.25, 0.3) is 17.3 Å². The first-order valence-electron chi connectivity index (χ1n) is 13.5. The first-order valence-corrected chi connectivity index (χ1v) is 14.3. The van der Waals surface area contributed by atoms with Gasteiger partial charge in [-0.2, -0.15) is 5.10 Å². The molecule has 6 heteroatoms. The second-order valence-corrected chi connectivity index (χ2v) is 11.1. The SMILES string of the molecule is Cc1ccc(Cn2cc(/C=C/C(=O)N(C)Cc3ccc(Br)cc3Oc3ccc(C)cc3)c(-c3ccccc3)n2)cc1. The van der Waals surface area contributed by atoms with Crippen molar-refractivity contribution in [2.45, 2.75) is 26.9 Å². The molecule has 0 aliphatic carbocycles. The van der Waals surface area contributed by atoms with Crippen LogP contribution in [0, 0.1) is 13.8 Å². The lowest BCUT2D eigenvalue weighted by Gasteiger charge is -2.18. The predicted octanol–water partition coefficient (Wildman–Crippen LogP) is 8.44. The summed E-state index contributed by atoms with van der Waals surface area (Å²) in [5.41, 5.74) is 7.20. The number of rotatable bonds is 9. The normalized spacial score (nSPS) is 11.1. The molecule has 4 aromatic carbocycles. The minimum absolute atomic E-state index is 0.112. The van der Waals surface area contributed by atoms with Gasteiger partial charge in [-0.05, 0) is 49.8 Å². The average molecular weight is 607 g/mol. The summed E-state index contributed by atoms with van der Waals surface area (Å²) in [5.74, 6) is 1.34. The van der Waals surface area contributed by atoms with E-state index < -0.39 is 0 Å². The molecule has 0 aliphatic heterocycles. The predicted molar refractivity (Wildman–Crippen MR) is 169 cm³/mol. The summed E-state index contributed by atoms with van der Waals surface area (Å²) in [5, 5.41) is 4.87. The number of likely N-dealkylation sites (N-methyl/N-ethyl adjacent to an activating group) is 1. The Labute approximate surface area is 249 Å². The van der Waals surface area contributed by atoms with Crippen molar-refractivity contribution in [3.05, 3.63) is 142 Å². The maximum atomic E-state index is 13.2. The molecule has 0 unspecified atom stereocenters. The molecule has 1 aromatic heterocycles. The van der Waals surface area contributed by atoms with Gasteiger partial charge in [0.15, 0.2) is 0 Å². The first-order chi connectivity index (χ1) is 19.8. The lowest BCUT2D eigenvalue weighted by Crippen LogP contribution is -2.24. The summed E-state index contributed by atoms with van der Waals surface area (Å²) >= 11 is 3.54. The lowest BCUT2D eigenvalue weighted by atomic mass is 10.1. The van der Waals surface area contributed by atoms with Crippen LogP contribution in [0.15, 0.2) is 114 Å². The average Bonchev–Trinajstić information content (AvgIpc) is 3.38. The topological polar surface area (TPSA) is 47.4 Å². The zero-order chi connectivity index (χ0) is 28.8. The molecule has 0 radical (unpaired) electrons. The van der Waals surface area contributed by atoms with Crippen LogP contribution in [0.2, 0.25) is 0 Å². The number of aromatic nitrogens is 2. The number of hydrogen-bond acceptors (Lipinski definition) is 3. The van der Waals surface area contributed by atoms with E-state index in [4.69, 9.17) is 9.84 Å². The zero-order valence-corrected chi connectivity index (χ0v) is 25.0. The van der Waals surface area contributed by atoms with Gasteiger partial charge in [0.05, 0.1) is 12.2 Å². The third kappa shape index (κ3) is 7.41. The van der Waals surface area contributed by atoms with E-state index in [2.05, 4.69) is 47.1 Å². The lowest BCUT2D eigenvalue weighted by molar-refractivity contribution is -0.125. The van der Waals surface area contributed by atoms with E-state index in [1.54, 1.807) is 18.0 Å². The van der Waals surface area contributed by atoms with E-state index in [-0.39, 0.29) is 5.91 Å². The highest BCUT2D eigenvalue weighted by atomic mass is 79.9. The third-order valence-electron chi connectivity index (χ3n) is 6.77. The molecule has 5 aromatic rings. The maximum Gasteiger partial charge on any atom is 0.246 e. The van der Waals surface area contributed by atoms with Crippen LogP contribution in [0.3, 0.4) is 0 Å². The molecule has 1 heterocycles. The molecule has 0 fully saturated rings. The van der Waals surface area contributed by atoms with Crippen LogP contribution in [0.4, 0.5) is 0 Å². The quantitative estimate of drug-likeness (QED) is 0.158. The van der Waals surface area contributed by atoms with Gasteiger partial charge in [-0.25, -0.2) is 0 Å². The molecule has 0 atom stereocenters. The Morgan fingerprint density at radius 2 is 1.61 bits per heavy atom. The maximum absolute atomic E-state index is 13.2.